The van der Waals surface area contributed by atoms with E-state index in [9.17, 15) is 9.59 Å². The van der Waals surface area contributed by atoms with Crippen LogP contribution in [0, 0.1) is 0 Å². The number of carbonyl (C=O) groups is 2. The van der Waals surface area contributed by atoms with Crippen LogP contribution in [0.5, 0.6) is 0 Å². The zero-order chi connectivity index (χ0) is 12.2. The molecule has 4 heteroatoms. The Bertz CT molecular complexity index is 276. The van der Waals surface area contributed by atoms with E-state index in [0.29, 0.717) is 5.57 Å². The minimum absolute atomic E-state index is 0.339. The Morgan fingerprint density at radius 1 is 1.33 bits per heavy atom. The third-order valence-corrected chi connectivity index (χ3v) is 1.50. The third-order valence-electron chi connectivity index (χ3n) is 1.50. The lowest BCUT2D eigenvalue weighted by Crippen LogP contribution is -2.42. The lowest BCUT2D eigenvalue weighted by atomic mass is 10.2. The van der Waals surface area contributed by atoms with Crippen molar-refractivity contribution in [1.29, 1.82) is 0 Å². The van der Waals surface area contributed by atoms with Crippen molar-refractivity contribution < 1.29 is 14.3 Å². The molecule has 1 unspecified atom stereocenters. The van der Waals surface area contributed by atoms with Gasteiger partial charge in [0.25, 0.3) is 0 Å². The molecule has 0 radical (unpaired) electrons. The van der Waals surface area contributed by atoms with Crippen LogP contribution in [0.15, 0.2) is 12.2 Å². The van der Waals surface area contributed by atoms with E-state index in [1.54, 1.807) is 34.6 Å². The average molecular weight is 213 g/mol. The van der Waals surface area contributed by atoms with Gasteiger partial charge in [-0.15, -0.1) is 0 Å². The van der Waals surface area contributed by atoms with Gasteiger partial charge < -0.3 is 10.1 Å². The van der Waals surface area contributed by atoms with Crippen LogP contribution in [-0.4, -0.2) is 23.5 Å². The van der Waals surface area contributed by atoms with Crippen molar-refractivity contribution in [2.24, 2.45) is 0 Å². The lowest BCUT2D eigenvalue weighted by Gasteiger charge is -2.22. The Labute approximate surface area is 90.7 Å². The topological polar surface area (TPSA) is 55.4 Å². The molecule has 4 nitrogen and oxygen atoms in total. The Hall–Kier alpha value is -1.32. The van der Waals surface area contributed by atoms with E-state index in [1.165, 1.54) is 0 Å². The van der Waals surface area contributed by atoms with Gasteiger partial charge in [0.2, 0.25) is 5.91 Å². The average Bonchev–Trinajstić information content (AvgIpc) is 2.00. The van der Waals surface area contributed by atoms with Crippen LogP contribution in [0.2, 0.25) is 0 Å². The standard InChI is InChI=1S/C11H19NO3/c1-7(2)9(13)12-8(3)10(14)15-11(4,5)6/h8H,1H2,2-6H3,(H,12,13). The highest BCUT2D eigenvalue weighted by Crippen LogP contribution is 2.08. The first kappa shape index (κ1) is 13.7. The van der Waals surface area contributed by atoms with Crippen molar-refractivity contribution in [2.45, 2.75) is 46.3 Å². The maximum absolute atomic E-state index is 11.5. The van der Waals surface area contributed by atoms with Gasteiger partial charge in [0.1, 0.15) is 11.6 Å². The number of ether oxygens (including phenoxy) is 1. The molecule has 0 aliphatic carbocycles. The first-order valence-corrected chi connectivity index (χ1v) is 4.82. The molecule has 0 heterocycles. The van der Waals surface area contributed by atoms with Gasteiger partial charge in [-0.05, 0) is 34.6 Å². The van der Waals surface area contributed by atoms with Gasteiger partial charge >= 0.3 is 5.97 Å². The lowest BCUT2D eigenvalue weighted by molar-refractivity contribution is -0.157. The monoisotopic (exact) mass is 213 g/mol. The van der Waals surface area contributed by atoms with E-state index < -0.39 is 17.6 Å². The first-order chi connectivity index (χ1) is 6.63. The fraction of sp³-hybridized carbons (Fsp3) is 0.636. The van der Waals surface area contributed by atoms with Gasteiger partial charge in [0.15, 0.2) is 0 Å². The molecule has 1 N–H and O–H groups in total. The molecule has 15 heavy (non-hydrogen) atoms. The maximum atomic E-state index is 11.5. The fourth-order valence-corrected chi connectivity index (χ4v) is 0.769. The highest BCUT2D eigenvalue weighted by molar-refractivity contribution is 5.94. The molecule has 0 aliphatic rings. The summed E-state index contributed by atoms with van der Waals surface area (Å²) in [5, 5.41) is 2.49. The molecular weight excluding hydrogens is 194 g/mol. The fourth-order valence-electron chi connectivity index (χ4n) is 0.769. The molecule has 0 saturated carbocycles. The third kappa shape index (κ3) is 5.88. The Balaban J connectivity index is 4.23. The van der Waals surface area contributed by atoms with Crippen LogP contribution in [0.25, 0.3) is 0 Å². The summed E-state index contributed by atoms with van der Waals surface area (Å²) in [6, 6.07) is -0.659. The summed E-state index contributed by atoms with van der Waals surface area (Å²) in [6.07, 6.45) is 0. The summed E-state index contributed by atoms with van der Waals surface area (Å²) in [4.78, 5) is 22.7. The van der Waals surface area contributed by atoms with E-state index in [4.69, 9.17) is 4.74 Å². The maximum Gasteiger partial charge on any atom is 0.328 e. The molecular formula is C11H19NO3. The van der Waals surface area contributed by atoms with Gasteiger partial charge in [0, 0.05) is 5.57 Å². The molecule has 1 amide bonds. The van der Waals surface area contributed by atoms with E-state index in [-0.39, 0.29) is 5.91 Å². The minimum atomic E-state index is -0.659. The van der Waals surface area contributed by atoms with Gasteiger partial charge in [-0.2, -0.15) is 0 Å². The van der Waals surface area contributed by atoms with Crippen LogP contribution in [0.3, 0.4) is 0 Å². The van der Waals surface area contributed by atoms with Crippen molar-refractivity contribution in [2.75, 3.05) is 0 Å². The van der Waals surface area contributed by atoms with E-state index >= 15 is 0 Å². The van der Waals surface area contributed by atoms with Crippen LogP contribution < -0.4 is 5.32 Å². The summed E-state index contributed by atoms with van der Waals surface area (Å²) in [5.41, 5.74) is -0.176. The van der Waals surface area contributed by atoms with E-state index in [2.05, 4.69) is 11.9 Å². The van der Waals surface area contributed by atoms with Gasteiger partial charge in [0.05, 0.1) is 0 Å². The summed E-state index contributed by atoms with van der Waals surface area (Å²) in [5.74, 6) is -0.787. The van der Waals surface area contributed by atoms with E-state index in [1.807, 2.05) is 0 Å². The number of hydrogen-bond donors (Lipinski definition) is 1. The summed E-state index contributed by atoms with van der Waals surface area (Å²) in [6.45, 7) is 12.0. The molecule has 1 atom stereocenters. The predicted octanol–water partition coefficient (Wildman–Crippen LogP) is 1.41. The molecule has 0 spiro atoms. The second-order valence-electron chi connectivity index (χ2n) is 4.51. The molecule has 0 aromatic heterocycles. The quantitative estimate of drug-likeness (QED) is 0.569. The van der Waals surface area contributed by atoms with Crippen LogP contribution in [-0.2, 0) is 14.3 Å². The SMILES string of the molecule is C=C(C)C(=O)NC(C)C(=O)OC(C)(C)C. The van der Waals surface area contributed by atoms with Crippen LogP contribution in [0.4, 0.5) is 0 Å². The van der Waals surface area contributed by atoms with Gasteiger partial charge in [-0.3, -0.25) is 4.79 Å². The minimum Gasteiger partial charge on any atom is -0.458 e. The number of rotatable bonds is 3. The van der Waals surface area contributed by atoms with Crippen LogP contribution >= 0.6 is 0 Å². The van der Waals surface area contributed by atoms with Crippen molar-refractivity contribution >= 4 is 11.9 Å². The number of hydrogen-bond acceptors (Lipinski definition) is 3. The molecule has 0 rings (SSSR count). The van der Waals surface area contributed by atoms with Crippen molar-refractivity contribution in [1.82, 2.24) is 5.32 Å². The highest BCUT2D eigenvalue weighted by Gasteiger charge is 2.22. The van der Waals surface area contributed by atoms with E-state index in [0.717, 1.165) is 0 Å². The zero-order valence-corrected chi connectivity index (χ0v) is 10.0. The van der Waals surface area contributed by atoms with Crippen LogP contribution in [0.1, 0.15) is 34.6 Å². The summed E-state index contributed by atoms with van der Waals surface area (Å²) < 4.78 is 5.10. The zero-order valence-electron chi connectivity index (χ0n) is 10.0. The Kier molecular flexibility index (Phi) is 4.52. The molecule has 0 fully saturated rings. The molecule has 0 bridgehead atoms. The number of carbonyl (C=O) groups excluding carboxylic acids is 2. The van der Waals surface area contributed by atoms with Gasteiger partial charge in [-0.25, -0.2) is 4.79 Å². The summed E-state index contributed by atoms with van der Waals surface area (Å²) in [7, 11) is 0. The smallest absolute Gasteiger partial charge is 0.328 e. The molecule has 0 aromatic rings. The highest BCUT2D eigenvalue weighted by atomic mass is 16.6. The van der Waals surface area contributed by atoms with Gasteiger partial charge in [-0.1, -0.05) is 6.58 Å². The Morgan fingerprint density at radius 2 is 1.80 bits per heavy atom. The largest absolute Gasteiger partial charge is 0.458 e. The Morgan fingerprint density at radius 3 is 2.13 bits per heavy atom. The predicted molar refractivity (Wildman–Crippen MR) is 58.3 cm³/mol. The normalized spacial score (nSPS) is 12.9. The molecule has 0 saturated heterocycles. The number of amides is 1. The second kappa shape index (κ2) is 4.96. The summed E-state index contributed by atoms with van der Waals surface area (Å²) >= 11 is 0. The molecule has 0 aliphatic heterocycles. The molecule has 86 valence electrons. The van der Waals surface area contributed by atoms with Crippen molar-refractivity contribution in [3.63, 3.8) is 0 Å². The van der Waals surface area contributed by atoms with Crippen molar-refractivity contribution in [3.05, 3.63) is 12.2 Å². The second-order valence-corrected chi connectivity index (χ2v) is 4.51. The molecule has 0 aromatic carbocycles. The first-order valence-electron chi connectivity index (χ1n) is 4.82. The van der Waals surface area contributed by atoms with Crippen molar-refractivity contribution in [3.8, 4) is 0 Å². The number of esters is 1. The number of nitrogens with one attached hydrogen (secondary N) is 1.